The fourth-order valence-electron chi connectivity index (χ4n) is 3.48. The lowest BCUT2D eigenvalue weighted by Gasteiger charge is -2.34. The molecule has 0 aromatic heterocycles. The summed E-state index contributed by atoms with van der Waals surface area (Å²) in [7, 11) is 1.55. The molecule has 0 aliphatic carbocycles. The summed E-state index contributed by atoms with van der Waals surface area (Å²) in [4.78, 5) is 28.5. The van der Waals surface area contributed by atoms with Gasteiger partial charge < -0.3 is 15.0 Å². The molecule has 0 spiro atoms. The van der Waals surface area contributed by atoms with Gasteiger partial charge in [0.05, 0.1) is 24.9 Å². The largest absolute Gasteiger partial charge is 0.496 e. The molecule has 0 atom stereocenters. The predicted octanol–water partition coefficient (Wildman–Crippen LogP) is 3.42. The molecule has 1 heterocycles. The summed E-state index contributed by atoms with van der Waals surface area (Å²) in [5, 5.41) is 2.35. The van der Waals surface area contributed by atoms with E-state index in [1.165, 1.54) is 18.2 Å². The molecule has 6 nitrogen and oxygen atoms in total. The van der Waals surface area contributed by atoms with Crippen molar-refractivity contribution in [3.63, 3.8) is 0 Å². The fraction of sp³-hybridized carbons (Fsp3) is 0.364. The van der Waals surface area contributed by atoms with E-state index in [9.17, 15) is 22.8 Å². The van der Waals surface area contributed by atoms with Gasteiger partial charge in [-0.2, -0.15) is 13.2 Å². The van der Waals surface area contributed by atoms with Crippen LogP contribution in [0, 0.1) is 6.92 Å². The van der Waals surface area contributed by atoms with Crippen LogP contribution in [-0.2, 0) is 11.0 Å². The van der Waals surface area contributed by atoms with E-state index < -0.39 is 17.6 Å². The first-order valence-electron chi connectivity index (χ1n) is 9.81. The third kappa shape index (κ3) is 5.55. The van der Waals surface area contributed by atoms with Gasteiger partial charge >= 0.3 is 6.18 Å². The number of hydrogen-bond donors (Lipinski definition) is 1. The molecule has 3 rings (SSSR count). The highest BCUT2D eigenvalue weighted by Gasteiger charge is 2.33. The van der Waals surface area contributed by atoms with Crippen molar-refractivity contribution in [2.45, 2.75) is 13.1 Å². The third-order valence-electron chi connectivity index (χ3n) is 5.19. The molecule has 2 aromatic rings. The predicted molar refractivity (Wildman–Crippen MR) is 110 cm³/mol. The Morgan fingerprint density at radius 1 is 1.06 bits per heavy atom. The first kappa shape index (κ1) is 22.6. The Balaban J connectivity index is 1.55. The summed E-state index contributed by atoms with van der Waals surface area (Å²) in [6, 6.07) is 10.2. The Hall–Kier alpha value is -3.07. The van der Waals surface area contributed by atoms with Crippen LogP contribution in [0.3, 0.4) is 0 Å². The van der Waals surface area contributed by atoms with Crippen molar-refractivity contribution in [2.75, 3.05) is 45.2 Å². The Morgan fingerprint density at radius 3 is 2.39 bits per heavy atom. The van der Waals surface area contributed by atoms with Gasteiger partial charge in [-0.3, -0.25) is 14.5 Å². The van der Waals surface area contributed by atoms with E-state index >= 15 is 0 Å². The second-order valence-corrected chi connectivity index (χ2v) is 7.34. The number of ether oxygens (including phenoxy) is 1. The van der Waals surface area contributed by atoms with Crippen LogP contribution < -0.4 is 10.1 Å². The number of methoxy groups -OCH3 is 1. The van der Waals surface area contributed by atoms with Gasteiger partial charge in [-0.1, -0.05) is 18.2 Å². The number of piperazine rings is 1. The molecule has 9 heteroatoms. The number of rotatable bonds is 5. The van der Waals surface area contributed by atoms with Gasteiger partial charge in [0.25, 0.3) is 5.91 Å². The van der Waals surface area contributed by atoms with Gasteiger partial charge in [-0.25, -0.2) is 0 Å². The van der Waals surface area contributed by atoms with Crippen LogP contribution >= 0.6 is 0 Å². The lowest BCUT2D eigenvalue weighted by molar-refractivity contribution is -0.137. The van der Waals surface area contributed by atoms with E-state index in [-0.39, 0.29) is 18.1 Å². The zero-order chi connectivity index (χ0) is 22.6. The minimum Gasteiger partial charge on any atom is -0.496 e. The molecule has 0 radical (unpaired) electrons. The number of amides is 2. The molecule has 1 aliphatic heterocycles. The number of hydrogen-bond acceptors (Lipinski definition) is 4. The highest BCUT2D eigenvalue weighted by Crippen LogP contribution is 2.34. The van der Waals surface area contributed by atoms with Gasteiger partial charge in [0.2, 0.25) is 5.91 Å². The molecule has 166 valence electrons. The molecule has 2 aromatic carbocycles. The summed E-state index contributed by atoms with van der Waals surface area (Å²) in [5.41, 5.74) is 0.314. The number of nitrogens with one attached hydrogen (secondary N) is 1. The Bertz CT molecular complexity index is 955. The molecule has 31 heavy (non-hydrogen) atoms. The monoisotopic (exact) mass is 435 g/mol. The summed E-state index contributed by atoms with van der Waals surface area (Å²) >= 11 is 0. The molecule has 2 amide bonds. The summed E-state index contributed by atoms with van der Waals surface area (Å²) < 4.78 is 44.5. The second-order valence-electron chi connectivity index (χ2n) is 7.34. The molecule has 0 unspecified atom stereocenters. The summed E-state index contributed by atoms with van der Waals surface area (Å²) in [5.74, 6) is -0.0125. The van der Waals surface area contributed by atoms with Crippen LogP contribution in [0.4, 0.5) is 18.9 Å². The smallest absolute Gasteiger partial charge is 0.418 e. The number of halogens is 3. The number of anilines is 1. The molecule has 0 saturated carbocycles. The highest BCUT2D eigenvalue weighted by molar-refractivity contribution is 5.95. The number of alkyl halides is 3. The molecular weight excluding hydrogens is 411 g/mol. The Morgan fingerprint density at radius 2 is 1.74 bits per heavy atom. The highest BCUT2D eigenvalue weighted by atomic mass is 19.4. The maximum atomic E-state index is 13.1. The number of nitrogens with zero attached hydrogens (tertiary/aromatic N) is 2. The number of aryl methyl sites for hydroxylation is 1. The standard InChI is InChI=1S/C22H24F3N3O3/c1-15-7-8-16(13-19(15)31-2)21(30)28-11-9-27(10-12-28)14-20(29)26-18-6-4-3-5-17(18)22(23,24)25/h3-8,13H,9-12,14H2,1-2H3,(H,26,29). The second kappa shape index (κ2) is 9.38. The molecule has 0 bridgehead atoms. The number of para-hydroxylation sites is 1. The minimum atomic E-state index is -4.55. The minimum absolute atomic E-state index is 0.0490. The van der Waals surface area contributed by atoms with E-state index in [4.69, 9.17) is 4.74 Å². The van der Waals surface area contributed by atoms with Gasteiger partial charge in [0.1, 0.15) is 5.75 Å². The van der Waals surface area contributed by atoms with Crippen LogP contribution in [0.25, 0.3) is 0 Å². The van der Waals surface area contributed by atoms with Crippen molar-refractivity contribution in [3.05, 3.63) is 59.2 Å². The first-order chi connectivity index (χ1) is 14.7. The zero-order valence-corrected chi connectivity index (χ0v) is 17.3. The van der Waals surface area contributed by atoms with Crippen molar-refractivity contribution in [1.29, 1.82) is 0 Å². The van der Waals surface area contributed by atoms with Crippen LogP contribution in [0.15, 0.2) is 42.5 Å². The van der Waals surface area contributed by atoms with Crippen LogP contribution in [-0.4, -0.2) is 61.4 Å². The van der Waals surface area contributed by atoms with Gasteiger partial charge in [0.15, 0.2) is 0 Å². The van der Waals surface area contributed by atoms with Crippen LogP contribution in [0.2, 0.25) is 0 Å². The lowest BCUT2D eigenvalue weighted by atomic mass is 10.1. The van der Waals surface area contributed by atoms with Crippen LogP contribution in [0.5, 0.6) is 5.75 Å². The van der Waals surface area contributed by atoms with Crippen molar-refractivity contribution in [3.8, 4) is 5.75 Å². The number of carbonyl (C=O) groups is 2. The zero-order valence-electron chi connectivity index (χ0n) is 17.3. The van der Waals surface area contributed by atoms with Gasteiger partial charge in [0, 0.05) is 31.7 Å². The van der Waals surface area contributed by atoms with E-state index in [0.717, 1.165) is 11.6 Å². The third-order valence-corrected chi connectivity index (χ3v) is 5.19. The average molecular weight is 435 g/mol. The number of benzene rings is 2. The van der Waals surface area contributed by atoms with E-state index in [2.05, 4.69) is 5.32 Å². The number of carbonyl (C=O) groups excluding carboxylic acids is 2. The Labute approximate surface area is 178 Å². The lowest BCUT2D eigenvalue weighted by Crippen LogP contribution is -2.50. The van der Waals surface area contributed by atoms with Gasteiger partial charge in [-0.05, 0) is 36.8 Å². The maximum Gasteiger partial charge on any atom is 0.418 e. The van der Waals surface area contributed by atoms with Crippen molar-refractivity contribution in [1.82, 2.24) is 9.80 Å². The molecule has 1 N–H and O–H groups in total. The quantitative estimate of drug-likeness (QED) is 0.782. The average Bonchev–Trinajstić information content (AvgIpc) is 2.73. The SMILES string of the molecule is COc1cc(C(=O)N2CCN(CC(=O)Nc3ccccc3C(F)(F)F)CC2)ccc1C. The van der Waals surface area contributed by atoms with E-state index in [1.807, 2.05) is 17.9 Å². The fourth-order valence-corrected chi connectivity index (χ4v) is 3.48. The Kier molecular flexibility index (Phi) is 6.84. The van der Waals surface area contributed by atoms with Crippen LogP contribution in [0.1, 0.15) is 21.5 Å². The van der Waals surface area contributed by atoms with Crippen molar-refractivity contribution in [2.24, 2.45) is 0 Å². The van der Waals surface area contributed by atoms with Gasteiger partial charge in [-0.15, -0.1) is 0 Å². The van der Waals surface area contributed by atoms with Crippen molar-refractivity contribution < 1.29 is 27.5 Å². The van der Waals surface area contributed by atoms with Crippen molar-refractivity contribution >= 4 is 17.5 Å². The summed E-state index contributed by atoms with van der Waals surface area (Å²) in [6.45, 7) is 3.58. The normalized spacial score (nSPS) is 14.9. The van der Waals surface area contributed by atoms with E-state index in [0.29, 0.717) is 37.5 Å². The topological polar surface area (TPSA) is 61.9 Å². The molecule has 1 aliphatic rings. The maximum absolute atomic E-state index is 13.1. The van der Waals surface area contributed by atoms with E-state index in [1.54, 1.807) is 24.1 Å². The first-order valence-corrected chi connectivity index (χ1v) is 9.81. The molecule has 1 fully saturated rings. The molecule has 1 saturated heterocycles. The molecular formula is C22H24F3N3O3. The summed E-state index contributed by atoms with van der Waals surface area (Å²) in [6.07, 6.45) is -4.55.